The number of fused-ring (bicyclic) bond motifs is 2. The normalized spacial score (nSPS) is 11.0. The highest BCUT2D eigenvalue weighted by atomic mass is 79.9. The lowest BCUT2D eigenvalue weighted by molar-refractivity contribution is -0.117. The first-order valence-electron chi connectivity index (χ1n) is 12.1. The van der Waals surface area contributed by atoms with Gasteiger partial charge in [-0.05, 0) is 107 Å². The van der Waals surface area contributed by atoms with Crippen molar-refractivity contribution < 1.29 is 29.0 Å². The van der Waals surface area contributed by atoms with Gasteiger partial charge in [0.15, 0.2) is 11.3 Å². The first-order valence-corrected chi connectivity index (χ1v) is 15.3. The molecule has 0 atom stereocenters. The summed E-state index contributed by atoms with van der Waals surface area (Å²) in [5.74, 6) is -1.53. The van der Waals surface area contributed by atoms with Gasteiger partial charge in [-0.3, -0.25) is 9.59 Å². The summed E-state index contributed by atoms with van der Waals surface area (Å²) in [6.07, 6.45) is 0.474. The van der Waals surface area contributed by atoms with Crippen LogP contribution in [-0.4, -0.2) is 41.2 Å². The molecule has 0 aromatic heterocycles. The number of nitrogens with one attached hydrogen (secondary N) is 3. The Morgan fingerprint density at radius 3 is 2.31 bits per heavy atom. The predicted octanol–water partition coefficient (Wildman–Crippen LogP) is 7.22. The Kier molecular flexibility index (Phi) is 9.81. The minimum Gasteiger partial charge on any atom is -0.505 e. The molecule has 2 aromatic carbocycles. The lowest BCUT2D eigenvalue weighted by Crippen LogP contribution is -2.32. The zero-order valence-electron chi connectivity index (χ0n) is 21.7. The zero-order chi connectivity index (χ0) is 30.9. The standard InChI is InChI=1S/C28H21Br4N3O7/c1-11(2)26(38)33-6-3-7-34-28(41)35-12-4-5-13(14(8-12)27(39)40)19-15-9-17(29)22(36)20(31)24(15)42-25-16(19)10-18(30)23(37)21(25)32/h4-5,8-10,36H,1,3,6-7H2,2H3,(H,33,38)(H,39,40)(H2,34,35,41). The van der Waals surface area contributed by atoms with Gasteiger partial charge in [0.25, 0.3) is 0 Å². The summed E-state index contributed by atoms with van der Waals surface area (Å²) >= 11 is 13.2. The molecule has 0 unspecified atom stereocenters. The second-order valence-electron chi connectivity index (χ2n) is 9.09. The summed E-state index contributed by atoms with van der Waals surface area (Å²) in [6.45, 7) is 5.76. The van der Waals surface area contributed by atoms with Crippen molar-refractivity contribution in [2.24, 2.45) is 0 Å². The molecular weight excluding hydrogens is 810 g/mol. The van der Waals surface area contributed by atoms with Gasteiger partial charge >= 0.3 is 12.0 Å². The number of carboxylic acid groups (broad SMARTS) is 1. The summed E-state index contributed by atoms with van der Waals surface area (Å²) < 4.78 is 6.91. The maximum Gasteiger partial charge on any atom is 0.336 e. The van der Waals surface area contributed by atoms with E-state index in [1.165, 1.54) is 6.07 Å². The largest absolute Gasteiger partial charge is 0.505 e. The number of anilines is 1. The number of aromatic carboxylic acids is 1. The molecule has 0 radical (unpaired) electrons. The molecule has 0 bridgehead atoms. The van der Waals surface area contributed by atoms with E-state index in [2.05, 4.69) is 86.2 Å². The Labute approximate surface area is 272 Å². The average Bonchev–Trinajstić information content (AvgIpc) is 2.94. The molecule has 1 aliphatic carbocycles. The van der Waals surface area contributed by atoms with Gasteiger partial charge in [-0.1, -0.05) is 12.6 Å². The number of phenolic OH excluding ortho intramolecular Hbond substituents is 1. The Morgan fingerprint density at radius 1 is 0.952 bits per heavy atom. The van der Waals surface area contributed by atoms with E-state index in [0.29, 0.717) is 39.5 Å². The number of carbonyl (C=O) groups is 3. The van der Waals surface area contributed by atoms with Gasteiger partial charge in [-0.25, -0.2) is 9.59 Å². The van der Waals surface area contributed by atoms with Crippen molar-refractivity contribution in [2.45, 2.75) is 13.3 Å². The van der Waals surface area contributed by atoms with Crippen molar-refractivity contribution in [1.82, 2.24) is 10.6 Å². The van der Waals surface area contributed by atoms with Crippen LogP contribution in [0.25, 0.3) is 33.4 Å². The highest BCUT2D eigenvalue weighted by Crippen LogP contribution is 2.49. The smallest absolute Gasteiger partial charge is 0.336 e. The average molecular weight is 831 g/mol. The molecule has 3 amide bonds. The maximum absolute atomic E-state index is 12.7. The number of urea groups is 1. The summed E-state index contributed by atoms with van der Waals surface area (Å²) in [5.41, 5.74) is 1.39. The molecule has 218 valence electrons. The van der Waals surface area contributed by atoms with E-state index in [4.69, 9.17) is 4.42 Å². The van der Waals surface area contributed by atoms with Crippen LogP contribution in [0.3, 0.4) is 0 Å². The van der Waals surface area contributed by atoms with Crippen molar-refractivity contribution in [3.63, 3.8) is 0 Å². The van der Waals surface area contributed by atoms with Crippen molar-refractivity contribution in [1.29, 1.82) is 0 Å². The highest BCUT2D eigenvalue weighted by Gasteiger charge is 2.27. The number of rotatable bonds is 8. The number of hydrogen-bond acceptors (Lipinski definition) is 6. The molecule has 10 nitrogen and oxygen atoms in total. The van der Waals surface area contributed by atoms with Gasteiger partial charge in [-0.2, -0.15) is 0 Å². The van der Waals surface area contributed by atoms with Gasteiger partial charge in [0.1, 0.15) is 14.7 Å². The number of hydrogen-bond donors (Lipinski definition) is 5. The molecule has 14 heteroatoms. The van der Waals surface area contributed by atoms with E-state index >= 15 is 0 Å². The van der Waals surface area contributed by atoms with Gasteiger partial charge < -0.3 is 30.6 Å². The lowest BCUT2D eigenvalue weighted by Gasteiger charge is -2.20. The molecular formula is C28H21Br4N3O7. The quantitative estimate of drug-likeness (QED) is 0.0713. The first-order chi connectivity index (χ1) is 19.8. The van der Waals surface area contributed by atoms with Crippen LogP contribution in [-0.2, 0) is 4.79 Å². The monoisotopic (exact) mass is 827 g/mol. The Balaban J connectivity index is 1.75. The second kappa shape index (κ2) is 13.0. The van der Waals surface area contributed by atoms with Gasteiger partial charge in [0.2, 0.25) is 11.3 Å². The van der Waals surface area contributed by atoms with Crippen LogP contribution >= 0.6 is 63.7 Å². The van der Waals surface area contributed by atoms with Crippen LogP contribution in [0.5, 0.6) is 5.75 Å². The fraction of sp³-hybridized carbons (Fsp3) is 0.143. The van der Waals surface area contributed by atoms with Crippen LogP contribution in [0.4, 0.5) is 10.5 Å². The summed E-state index contributed by atoms with van der Waals surface area (Å²) in [6, 6.07) is 6.99. The van der Waals surface area contributed by atoms with Crippen LogP contribution in [0.1, 0.15) is 23.7 Å². The number of halogens is 4. The summed E-state index contributed by atoms with van der Waals surface area (Å²) in [5, 5.41) is 29.1. The number of benzene rings is 3. The van der Waals surface area contributed by atoms with Crippen LogP contribution < -0.4 is 21.4 Å². The Bertz CT molecular complexity index is 1820. The number of carboxylic acids is 1. The summed E-state index contributed by atoms with van der Waals surface area (Å²) in [4.78, 5) is 49.2. The summed E-state index contributed by atoms with van der Waals surface area (Å²) in [7, 11) is 0. The number of carbonyl (C=O) groups excluding carboxylic acids is 2. The van der Waals surface area contributed by atoms with E-state index in [1.54, 1.807) is 31.2 Å². The minimum absolute atomic E-state index is 0.107. The van der Waals surface area contributed by atoms with E-state index in [1.807, 2.05) is 0 Å². The van der Waals surface area contributed by atoms with Crippen LogP contribution in [0.2, 0.25) is 0 Å². The van der Waals surface area contributed by atoms with E-state index in [-0.39, 0.29) is 65.2 Å². The second-order valence-corrected chi connectivity index (χ2v) is 12.4. The number of phenols is 1. The molecule has 0 spiro atoms. The fourth-order valence-electron chi connectivity index (χ4n) is 4.12. The predicted molar refractivity (Wildman–Crippen MR) is 173 cm³/mol. The van der Waals surface area contributed by atoms with Gasteiger partial charge in [0, 0.05) is 40.9 Å². The molecule has 4 rings (SSSR count). The third kappa shape index (κ3) is 6.41. The topological polar surface area (TPSA) is 158 Å². The highest BCUT2D eigenvalue weighted by molar-refractivity contribution is 9.11. The fourth-order valence-corrected chi connectivity index (χ4v) is 6.52. The molecule has 5 N–H and O–H groups in total. The third-order valence-corrected chi connectivity index (χ3v) is 8.76. The Hall–Kier alpha value is -3.20. The van der Waals surface area contributed by atoms with Gasteiger partial charge in [-0.15, -0.1) is 0 Å². The van der Waals surface area contributed by atoms with Crippen molar-refractivity contribution in [3.8, 4) is 28.2 Å². The molecule has 1 heterocycles. The van der Waals surface area contributed by atoms with E-state index < -0.39 is 12.0 Å². The van der Waals surface area contributed by atoms with Crippen molar-refractivity contribution in [2.75, 3.05) is 18.4 Å². The van der Waals surface area contributed by atoms with Crippen molar-refractivity contribution in [3.05, 3.63) is 76.2 Å². The molecule has 0 saturated carbocycles. The molecule has 1 aliphatic heterocycles. The van der Waals surface area contributed by atoms with E-state index in [9.17, 15) is 29.4 Å². The molecule has 2 aliphatic rings. The van der Waals surface area contributed by atoms with Crippen LogP contribution in [0, 0.1) is 0 Å². The number of aromatic hydroxyl groups is 1. The molecule has 42 heavy (non-hydrogen) atoms. The van der Waals surface area contributed by atoms with Crippen molar-refractivity contribution >= 4 is 98.3 Å². The minimum atomic E-state index is -1.26. The van der Waals surface area contributed by atoms with E-state index in [0.717, 1.165) is 0 Å². The molecule has 0 fully saturated rings. The SMILES string of the molecule is C=C(C)C(=O)NCCCNC(=O)Nc1ccc(-c2c3cc(Br)c(=O)c(Br)c-3oc3c(Br)c(O)c(Br)cc23)c(C(=O)O)c1. The third-order valence-electron chi connectivity index (χ3n) is 6.11. The van der Waals surface area contributed by atoms with Crippen LogP contribution in [0.15, 0.2) is 69.6 Å². The molecule has 0 saturated heterocycles. The maximum atomic E-state index is 12.7. The lowest BCUT2D eigenvalue weighted by atomic mass is 9.90. The Morgan fingerprint density at radius 2 is 1.64 bits per heavy atom. The van der Waals surface area contributed by atoms with Gasteiger partial charge in [0.05, 0.1) is 14.5 Å². The molecule has 2 aromatic rings. The number of amides is 3. The zero-order valence-corrected chi connectivity index (χ0v) is 28.0. The first kappa shape index (κ1) is 31.7.